The molecule has 0 saturated heterocycles. The fraction of sp³-hybridized carbons (Fsp3) is 0.176. The van der Waals surface area contributed by atoms with E-state index in [9.17, 15) is 14.0 Å². The summed E-state index contributed by atoms with van der Waals surface area (Å²) in [5.41, 5.74) is 5.03. The fourth-order valence-corrected chi connectivity index (χ4v) is 2.20. The number of hydrogen-bond acceptors (Lipinski definition) is 3. The van der Waals surface area contributed by atoms with Crippen molar-refractivity contribution in [1.29, 1.82) is 0 Å². The Balaban J connectivity index is 1.89. The van der Waals surface area contributed by atoms with Crippen LogP contribution in [0.4, 0.5) is 4.39 Å². The van der Waals surface area contributed by atoms with Crippen LogP contribution in [0.25, 0.3) is 0 Å². The van der Waals surface area contributed by atoms with Gasteiger partial charge in [-0.2, -0.15) is 0 Å². The third kappa shape index (κ3) is 4.79. The lowest BCUT2D eigenvalue weighted by Crippen LogP contribution is -2.47. The predicted molar refractivity (Wildman–Crippen MR) is 91.0 cm³/mol. The zero-order chi connectivity index (χ0) is 17.7. The van der Waals surface area contributed by atoms with E-state index in [2.05, 4.69) is 26.8 Å². The molecule has 0 heterocycles. The number of hydrogen-bond donors (Lipinski definition) is 2. The topological polar surface area (TPSA) is 67.4 Å². The molecule has 2 amide bonds. The summed E-state index contributed by atoms with van der Waals surface area (Å²) in [6.07, 6.45) is -0.825. The minimum absolute atomic E-state index is 0.110. The van der Waals surface area contributed by atoms with Crippen molar-refractivity contribution in [2.75, 3.05) is 0 Å². The first-order valence-corrected chi connectivity index (χ1v) is 7.94. The maximum Gasteiger partial charge on any atom is 0.279 e. The number of halogens is 2. The van der Waals surface area contributed by atoms with Crippen molar-refractivity contribution in [3.63, 3.8) is 0 Å². The average Bonchev–Trinajstić information content (AvgIpc) is 2.54. The van der Waals surface area contributed by atoms with E-state index >= 15 is 0 Å². The van der Waals surface area contributed by atoms with E-state index in [1.165, 1.54) is 12.1 Å². The van der Waals surface area contributed by atoms with Crippen LogP contribution in [0.2, 0.25) is 0 Å². The van der Waals surface area contributed by atoms with Crippen molar-refractivity contribution in [3.05, 3.63) is 63.9 Å². The number of carbonyl (C=O) groups excluding carboxylic acids is 2. The molecule has 2 N–H and O–H groups in total. The summed E-state index contributed by atoms with van der Waals surface area (Å²) in [6.45, 7) is 3.15. The molecule has 126 valence electrons. The van der Waals surface area contributed by atoms with Crippen molar-refractivity contribution >= 4 is 27.7 Å². The van der Waals surface area contributed by atoms with Crippen LogP contribution in [-0.2, 0) is 4.79 Å². The van der Waals surface area contributed by atoms with E-state index in [0.29, 0.717) is 11.3 Å². The Morgan fingerprint density at radius 3 is 2.58 bits per heavy atom. The van der Waals surface area contributed by atoms with Crippen LogP contribution in [0.3, 0.4) is 0 Å². The molecule has 0 saturated carbocycles. The van der Waals surface area contributed by atoms with Gasteiger partial charge in [-0.05, 0) is 49.7 Å². The zero-order valence-electron chi connectivity index (χ0n) is 13.1. The van der Waals surface area contributed by atoms with Gasteiger partial charge in [-0.25, -0.2) is 4.39 Å². The molecule has 1 atom stereocenters. The first kappa shape index (κ1) is 17.9. The Morgan fingerprint density at radius 2 is 1.92 bits per heavy atom. The minimum atomic E-state index is -0.825. The molecule has 0 aliphatic rings. The summed E-state index contributed by atoms with van der Waals surface area (Å²) in [7, 11) is 0. The zero-order valence-corrected chi connectivity index (χ0v) is 14.7. The van der Waals surface area contributed by atoms with Gasteiger partial charge in [0.1, 0.15) is 11.6 Å². The lowest BCUT2D eigenvalue weighted by Gasteiger charge is -2.15. The second-order valence-electron chi connectivity index (χ2n) is 5.12. The van der Waals surface area contributed by atoms with Gasteiger partial charge in [-0.1, -0.05) is 28.1 Å². The molecule has 0 bridgehead atoms. The molecule has 0 spiro atoms. The van der Waals surface area contributed by atoms with Crippen LogP contribution >= 0.6 is 15.9 Å². The summed E-state index contributed by atoms with van der Waals surface area (Å²) in [5, 5.41) is 0. The summed E-state index contributed by atoms with van der Waals surface area (Å²) < 4.78 is 19.7. The van der Waals surface area contributed by atoms with E-state index in [-0.39, 0.29) is 5.56 Å². The fourth-order valence-electron chi connectivity index (χ4n) is 1.82. The van der Waals surface area contributed by atoms with Crippen molar-refractivity contribution in [2.24, 2.45) is 0 Å². The van der Waals surface area contributed by atoms with Crippen molar-refractivity contribution in [3.8, 4) is 5.75 Å². The van der Waals surface area contributed by atoms with Gasteiger partial charge in [0.25, 0.3) is 11.8 Å². The lowest BCUT2D eigenvalue weighted by molar-refractivity contribution is -0.128. The molecule has 2 aromatic rings. The van der Waals surface area contributed by atoms with Crippen molar-refractivity contribution in [1.82, 2.24) is 10.9 Å². The number of benzene rings is 2. The molecule has 7 heteroatoms. The number of rotatable bonds is 4. The Bertz CT molecular complexity index is 767. The van der Waals surface area contributed by atoms with Crippen LogP contribution in [0.15, 0.2) is 46.9 Å². The number of aryl methyl sites for hydroxylation is 1. The van der Waals surface area contributed by atoms with Gasteiger partial charge in [0.05, 0.1) is 0 Å². The molecule has 5 nitrogen and oxygen atoms in total. The maximum atomic E-state index is 13.5. The predicted octanol–water partition coefficient (Wildman–Crippen LogP) is 3.13. The van der Waals surface area contributed by atoms with E-state index in [1.807, 2.05) is 6.07 Å². The van der Waals surface area contributed by atoms with Crippen LogP contribution < -0.4 is 15.6 Å². The van der Waals surface area contributed by atoms with Crippen molar-refractivity contribution in [2.45, 2.75) is 20.0 Å². The standard InChI is InChI=1S/C17H16BrFN2O3/c1-10-6-7-12(8-15(10)19)17(23)21-20-16(22)11(2)24-14-5-3-4-13(18)9-14/h3-9,11H,1-2H3,(H,20,22)(H,21,23)/t11-/m0/s1. The SMILES string of the molecule is Cc1ccc(C(=O)NNC(=O)[C@H](C)Oc2cccc(Br)c2)cc1F. The van der Waals surface area contributed by atoms with E-state index in [1.54, 1.807) is 32.0 Å². The summed E-state index contributed by atoms with van der Waals surface area (Å²) in [4.78, 5) is 23.9. The van der Waals surface area contributed by atoms with Gasteiger partial charge in [-0.15, -0.1) is 0 Å². The number of amides is 2. The van der Waals surface area contributed by atoms with Gasteiger partial charge < -0.3 is 4.74 Å². The first-order valence-electron chi connectivity index (χ1n) is 7.15. The summed E-state index contributed by atoms with van der Waals surface area (Å²) in [6, 6.07) is 11.1. The smallest absolute Gasteiger partial charge is 0.279 e. The van der Waals surface area contributed by atoms with Gasteiger partial charge >= 0.3 is 0 Å². The normalized spacial score (nSPS) is 11.5. The Morgan fingerprint density at radius 1 is 1.17 bits per heavy atom. The maximum absolute atomic E-state index is 13.5. The largest absolute Gasteiger partial charge is 0.481 e. The van der Waals surface area contributed by atoms with Gasteiger partial charge in [0.2, 0.25) is 0 Å². The quantitative estimate of drug-likeness (QED) is 0.782. The second-order valence-corrected chi connectivity index (χ2v) is 6.04. The van der Waals surface area contributed by atoms with E-state index < -0.39 is 23.7 Å². The Hall–Kier alpha value is -2.41. The molecule has 0 radical (unpaired) electrons. The molecule has 2 aromatic carbocycles. The van der Waals surface area contributed by atoms with Gasteiger partial charge in [0.15, 0.2) is 6.10 Å². The lowest BCUT2D eigenvalue weighted by atomic mass is 10.1. The van der Waals surface area contributed by atoms with Crippen molar-refractivity contribution < 1.29 is 18.7 Å². The second kappa shape index (κ2) is 7.92. The van der Waals surface area contributed by atoms with Gasteiger partial charge in [0, 0.05) is 10.0 Å². The molecule has 0 fully saturated rings. The molecule has 0 aliphatic heterocycles. The highest BCUT2D eigenvalue weighted by molar-refractivity contribution is 9.10. The molecule has 0 aromatic heterocycles. The third-order valence-electron chi connectivity index (χ3n) is 3.21. The molecular formula is C17H16BrFN2O3. The molecule has 24 heavy (non-hydrogen) atoms. The summed E-state index contributed by atoms with van der Waals surface area (Å²) >= 11 is 3.31. The van der Waals surface area contributed by atoms with Crippen LogP contribution in [0.5, 0.6) is 5.75 Å². The van der Waals surface area contributed by atoms with Gasteiger partial charge in [-0.3, -0.25) is 20.4 Å². The number of carbonyl (C=O) groups is 2. The summed E-state index contributed by atoms with van der Waals surface area (Å²) in [5.74, 6) is -1.12. The van der Waals surface area contributed by atoms with Crippen LogP contribution in [0.1, 0.15) is 22.8 Å². The number of ether oxygens (including phenoxy) is 1. The Labute approximate surface area is 147 Å². The monoisotopic (exact) mass is 394 g/mol. The van der Waals surface area contributed by atoms with E-state index in [4.69, 9.17) is 4.74 Å². The van der Waals surface area contributed by atoms with Crippen LogP contribution in [-0.4, -0.2) is 17.9 Å². The van der Waals surface area contributed by atoms with Crippen LogP contribution in [0, 0.1) is 12.7 Å². The number of hydrazine groups is 1. The molecule has 0 unspecified atom stereocenters. The highest BCUT2D eigenvalue weighted by Crippen LogP contribution is 2.18. The minimum Gasteiger partial charge on any atom is -0.481 e. The molecular weight excluding hydrogens is 379 g/mol. The molecule has 0 aliphatic carbocycles. The number of nitrogens with one attached hydrogen (secondary N) is 2. The Kier molecular flexibility index (Phi) is 5.92. The highest BCUT2D eigenvalue weighted by Gasteiger charge is 2.16. The average molecular weight is 395 g/mol. The molecule has 2 rings (SSSR count). The first-order chi connectivity index (χ1) is 11.4. The third-order valence-corrected chi connectivity index (χ3v) is 3.70. The highest BCUT2D eigenvalue weighted by atomic mass is 79.9. The van der Waals surface area contributed by atoms with E-state index in [0.717, 1.165) is 10.5 Å².